The number of rotatable bonds is 1. The predicted octanol–water partition coefficient (Wildman–Crippen LogP) is 1.67. The van der Waals surface area contributed by atoms with Crippen LogP contribution in [0.3, 0.4) is 0 Å². The first-order valence-electron chi connectivity index (χ1n) is 4.62. The lowest BCUT2D eigenvalue weighted by molar-refractivity contribution is 0.0935. The van der Waals surface area contributed by atoms with Gasteiger partial charge in [0.2, 0.25) is 0 Å². The molecule has 1 atom stereocenters. The van der Waals surface area contributed by atoms with Crippen molar-refractivity contribution < 1.29 is 4.74 Å². The summed E-state index contributed by atoms with van der Waals surface area (Å²) < 4.78 is 5.25. The number of morpholine rings is 1. The highest BCUT2D eigenvalue weighted by Crippen LogP contribution is 2.24. The van der Waals surface area contributed by atoms with Crippen LogP contribution in [0.25, 0.3) is 0 Å². The summed E-state index contributed by atoms with van der Waals surface area (Å²) in [6, 6.07) is 7.81. The number of hydrogen-bond donors (Lipinski definition) is 1. The first-order chi connectivity index (χ1) is 6.77. The van der Waals surface area contributed by atoms with Crippen LogP contribution in [0.15, 0.2) is 24.3 Å². The molecule has 76 valence electrons. The van der Waals surface area contributed by atoms with Crippen LogP contribution in [0.4, 0.5) is 11.4 Å². The first-order valence-corrected chi connectivity index (χ1v) is 5.06. The molecule has 1 aliphatic heterocycles. The second-order valence-electron chi connectivity index (χ2n) is 3.29. The number of ether oxygens (including phenoxy) is 1. The number of anilines is 2. The normalized spacial score (nSPS) is 22.4. The average molecular weight is 213 g/mol. The lowest BCUT2D eigenvalue weighted by Crippen LogP contribution is -2.40. The number of alkyl halides is 1. The van der Waals surface area contributed by atoms with Crippen molar-refractivity contribution in [2.24, 2.45) is 0 Å². The lowest BCUT2D eigenvalue weighted by Gasteiger charge is -2.32. The zero-order chi connectivity index (χ0) is 9.97. The molecule has 0 aromatic heterocycles. The molecule has 0 radical (unpaired) electrons. The summed E-state index contributed by atoms with van der Waals surface area (Å²) in [6.07, 6.45) is 0. The monoisotopic (exact) mass is 212 g/mol. The van der Waals surface area contributed by atoms with Crippen molar-refractivity contribution in [3.63, 3.8) is 0 Å². The molecule has 0 bridgehead atoms. The number of halogens is 1. The number of benzene rings is 1. The van der Waals surface area contributed by atoms with E-state index in [4.69, 9.17) is 22.1 Å². The summed E-state index contributed by atoms with van der Waals surface area (Å²) in [6.45, 7) is 2.19. The van der Waals surface area contributed by atoms with Crippen molar-refractivity contribution in [1.29, 1.82) is 0 Å². The summed E-state index contributed by atoms with van der Waals surface area (Å²) in [5, 5.41) is 0. The van der Waals surface area contributed by atoms with Crippen molar-refractivity contribution in [3.8, 4) is 0 Å². The van der Waals surface area contributed by atoms with E-state index in [1.807, 2.05) is 24.3 Å². The molecule has 0 saturated carbocycles. The molecule has 0 spiro atoms. The molecule has 0 unspecified atom stereocenters. The Morgan fingerprint density at radius 1 is 1.43 bits per heavy atom. The standard InChI is InChI=1S/C10H13ClN2O/c11-10-7-13(5-6-14-10)9-4-2-1-3-8(9)12/h1-4,10H,5-7,12H2/t10-/m1/s1. The van der Waals surface area contributed by atoms with E-state index >= 15 is 0 Å². The van der Waals surface area contributed by atoms with Crippen LogP contribution < -0.4 is 10.6 Å². The van der Waals surface area contributed by atoms with E-state index in [0.717, 1.165) is 17.9 Å². The van der Waals surface area contributed by atoms with Gasteiger partial charge >= 0.3 is 0 Å². The molecule has 3 nitrogen and oxygen atoms in total. The number of para-hydroxylation sites is 2. The van der Waals surface area contributed by atoms with Gasteiger partial charge in [0.15, 0.2) is 0 Å². The van der Waals surface area contributed by atoms with Crippen molar-refractivity contribution in [3.05, 3.63) is 24.3 Å². The molecule has 4 heteroatoms. The maximum absolute atomic E-state index is 5.91. The summed E-state index contributed by atoms with van der Waals surface area (Å²) in [7, 11) is 0. The summed E-state index contributed by atoms with van der Waals surface area (Å²) in [5.41, 5.74) is 7.47. The molecule has 1 aromatic rings. The third-order valence-corrected chi connectivity index (χ3v) is 2.57. The van der Waals surface area contributed by atoms with Crippen LogP contribution in [0.5, 0.6) is 0 Å². The molecule has 2 rings (SSSR count). The van der Waals surface area contributed by atoms with Crippen molar-refractivity contribution >= 4 is 23.0 Å². The van der Waals surface area contributed by atoms with E-state index < -0.39 is 0 Å². The van der Waals surface area contributed by atoms with Gasteiger partial charge in [-0.15, -0.1) is 0 Å². The van der Waals surface area contributed by atoms with Crippen LogP contribution in [-0.2, 0) is 4.74 Å². The Labute approximate surface area is 88.4 Å². The Bertz CT molecular complexity index is 319. The van der Waals surface area contributed by atoms with Crippen molar-refractivity contribution in [2.45, 2.75) is 5.56 Å². The van der Waals surface area contributed by atoms with Crippen molar-refractivity contribution in [2.75, 3.05) is 30.3 Å². The molecule has 2 N–H and O–H groups in total. The molecule has 1 aliphatic rings. The van der Waals surface area contributed by atoms with E-state index in [-0.39, 0.29) is 5.56 Å². The maximum atomic E-state index is 5.91. The van der Waals surface area contributed by atoms with Crippen LogP contribution in [-0.4, -0.2) is 25.3 Å². The van der Waals surface area contributed by atoms with Gasteiger partial charge in [-0.1, -0.05) is 23.7 Å². The third-order valence-electron chi connectivity index (χ3n) is 2.30. The van der Waals surface area contributed by atoms with Gasteiger partial charge in [0.05, 0.1) is 24.5 Å². The highest BCUT2D eigenvalue weighted by molar-refractivity contribution is 6.20. The van der Waals surface area contributed by atoms with Gasteiger partial charge in [-0.2, -0.15) is 0 Å². The van der Waals surface area contributed by atoms with Crippen LogP contribution in [0.2, 0.25) is 0 Å². The first kappa shape index (κ1) is 9.62. The number of nitrogens with zero attached hydrogens (tertiary/aromatic N) is 1. The third kappa shape index (κ3) is 1.94. The average Bonchev–Trinajstić information content (AvgIpc) is 2.18. The molecule has 14 heavy (non-hydrogen) atoms. The molecule has 1 saturated heterocycles. The molecule has 1 fully saturated rings. The highest BCUT2D eigenvalue weighted by atomic mass is 35.5. The minimum Gasteiger partial charge on any atom is -0.397 e. The minimum atomic E-state index is -0.233. The lowest BCUT2D eigenvalue weighted by atomic mass is 10.2. The summed E-state index contributed by atoms with van der Waals surface area (Å²) in [4.78, 5) is 2.15. The number of nitrogen functional groups attached to an aromatic ring is 1. The molecule has 1 aromatic carbocycles. The molecule has 1 heterocycles. The molecular weight excluding hydrogens is 200 g/mol. The summed E-state index contributed by atoms with van der Waals surface area (Å²) >= 11 is 5.91. The largest absolute Gasteiger partial charge is 0.397 e. The van der Waals surface area contributed by atoms with E-state index in [9.17, 15) is 0 Å². The second-order valence-corrected chi connectivity index (χ2v) is 3.77. The van der Waals surface area contributed by atoms with Gasteiger partial charge in [-0.25, -0.2) is 0 Å². The molecular formula is C10H13ClN2O. The van der Waals surface area contributed by atoms with Gasteiger partial charge in [-0.3, -0.25) is 0 Å². The quantitative estimate of drug-likeness (QED) is 0.569. The van der Waals surface area contributed by atoms with Crippen LogP contribution in [0.1, 0.15) is 0 Å². The number of hydrogen-bond acceptors (Lipinski definition) is 3. The molecule has 0 amide bonds. The van der Waals surface area contributed by atoms with Gasteiger partial charge in [0, 0.05) is 6.54 Å². The van der Waals surface area contributed by atoms with Gasteiger partial charge in [-0.05, 0) is 12.1 Å². The van der Waals surface area contributed by atoms with E-state index in [2.05, 4.69) is 4.90 Å². The van der Waals surface area contributed by atoms with Crippen molar-refractivity contribution in [1.82, 2.24) is 0 Å². The Hall–Kier alpha value is -0.930. The van der Waals surface area contributed by atoms with Gasteiger partial charge in [0.1, 0.15) is 5.56 Å². The van der Waals surface area contributed by atoms with Gasteiger partial charge in [0.25, 0.3) is 0 Å². The zero-order valence-electron chi connectivity index (χ0n) is 7.82. The Morgan fingerprint density at radius 2 is 2.21 bits per heavy atom. The fourth-order valence-corrected chi connectivity index (χ4v) is 1.86. The Morgan fingerprint density at radius 3 is 2.93 bits per heavy atom. The van der Waals surface area contributed by atoms with E-state index in [0.29, 0.717) is 13.2 Å². The fraction of sp³-hybridized carbons (Fsp3) is 0.400. The SMILES string of the molecule is Nc1ccccc1N1CCO[C@@H](Cl)C1. The predicted molar refractivity (Wildman–Crippen MR) is 58.7 cm³/mol. The smallest absolute Gasteiger partial charge is 0.148 e. The van der Waals surface area contributed by atoms with E-state index in [1.54, 1.807) is 0 Å². The fourth-order valence-electron chi connectivity index (χ4n) is 1.60. The topological polar surface area (TPSA) is 38.5 Å². The maximum Gasteiger partial charge on any atom is 0.148 e. The number of nitrogens with two attached hydrogens (primary N) is 1. The minimum absolute atomic E-state index is 0.233. The Kier molecular flexibility index (Phi) is 2.79. The zero-order valence-corrected chi connectivity index (χ0v) is 8.57. The van der Waals surface area contributed by atoms with Crippen LogP contribution >= 0.6 is 11.6 Å². The highest BCUT2D eigenvalue weighted by Gasteiger charge is 2.19. The second kappa shape index (κ2) is 4.07. The molecule has 0 aliphatic carbocycles. The van der Waals surface area contributed by atoms with Crippen LogP contribution in [0, 0.1) is 0 Å². The Balaban J connectivity index is 2.18. The van der Waals surface area contributed by atoms with E-state index in [1.165, 1.54) is 0 Å². The summed E-state index contributed by atoms with van der Waals surface area (Å²) in [5.74, 6) is 0. The van der Waals surface area contributed by atoms with Gasteiger partial charge < -0.3 is 15.4 Å².